The predicted octanol–water partition coefficient (Wildman–Crippen LogP) is 3.54. The summed E-state index contributed by atoms with van der Waals surface area (Å²) in [4.78, 5) is 29.3. The zero-order valence-corrected chi connectivity index (χ0v) is 20.3. The van der Waals surface area contributed by atoms with Gasteiger partial charge in [0.15, 0.2) is 11.2 Å². The highest BCUT2D eigenvalue weighted by atomic mass is 35.5. The topological polar surface area (TPSA) is 80.3 Å². The van der Waals surface area contributed by atoms with Crippen LogP contribution in [-0.4, -0.2) is 31.4 Å². The standard InChI is InChI=1S/C24H24Cl2N4O4/c1-28-22-21(23(31)29(2)24(28)32)30(15-27-22)11-20(34-13-17-5-9-19(26)10-6-17)14-33-12-16-3-7-18(25)8-4-16/h3-10,15,20H,11-14H2,1-2H3/t20-/m0/s1. The van der Waals surface area contributed by atoms with Gasteiger partial charge in [-0.05, 0) is 35.4 Å². The van der Waals surface area contributed by atoms with Crippen LogP contribution in [-0.2, 0) is 43.3 Å². The summed E-state index contributed by atoms with van der Waals surface area (Å²) >= 11 is 11.9. The first kappa shape index (κ1) is 24.2. The first-order valence-corrected chi connectivity index (χ1v) is 11.4. The highest BCUT2D eigenvalue weighted by Crippen LogP contribution is 2.15. The van der Waals surface area contributed by atoms with Gasteiger partial charge >= 0.3 is 5.69 Å². The Kier molecular flexibility index (Phi) is 7.53. The van der Waals surface area contributed by atoms with Gasteiger partial charge in [0.05, 0.1) is 38.8 Å². The van der Waals surface area contributed by atoms with Crippen molar-refractivity contribution in [1.29, 1.82) is 0 Å². The summed E-state index contributed by atoms with van der Waals surface area (Å²) in [6.45, 7) is 1.33. The van der Waals surface area contributed by atoms with Crippen molar-refractivity contribution in [2.75, 3.05) is 6.61 Å². The van der Waals surface area contributed by atoms with E-state index in [2.05, 4.69) is 4.98 Å². The number of nitrogens with zero attached hydrogens (tertiary/aromatic N) is 4. The molecule has 0 saturated heterocycles. The van der Waals surface area contributed by atoms with Gasteiger partial charge in [0.25, 0.3) is 5.56 Å². The number of hydrogen-bond donors (Lipinski definition) is 0. The average Bonchev–Trinajstić information content (AvgIpc) is 3.25. The summed E-state index contributed by atoms with van der Waals surface area (Å²) in [5, 5.41) is 1.31. The summed E-state index contributed by atoms with van der Waals surface area (Å²) in [5.74, 6) is 0. The third-order valence-corrected chi connectivity index (χ3v) is 6.01. The Labute approximate surface area is 205 Å². The molecular formula is C24H24Cl2N4O4. The van der Waals surface area contributed by atoms with E-state index in [-0.39, 0.29) is 12.7 Å². The number of ether oxygens (including phenoxy) is 2. The Morgan fingerprint density at radius 3 is 2.09 bits per heavy atom. The molecule has 0 amide bonds. The summed E-state index contributed by atoms with van der Waals surface area (Å²) in [7, 11) is 3.04. The first-order chi connectivity index (χ1) is 16.3. The zero-order valence-electron chi connectivity index (χ0n) is 18.8. The van der Waals surface area contributed by atoms with E-state index in [1.54, 1.807) is 30.1 Å². The van der Waals surface area contributed by atoms with E-state index < -0.39 is 11.2 Å². The lowest BCUT2D eigenvalue weighted by atomic mass is 10.2. The minimum Gasteiger partial charge on any atom is -0.374 e. The van der Waals surface area contributed by atoms with Gasteiger partial charge in [-0.2, -0.15) is 0 Å². The second-order valence-electron chi connectivity index (χ2n) is 7.98. The Balaban J connectivity index is 1.54. The molecule has 1 atom stereocenters. The van der Waals surface area contributed by atoms with Gasteiger partial charge < -0.3 is 14.0 Å². The molecule has 0 aliphatic rings. The van der Waals surface area contributed by atoms with Crippen molar-refractivity contribution in [3.63, 3.8) is 0 Å². The van der Waals surface area contributed by atoms with Crippen LogP contribution < -0.4 is 11.2 Å². The van der Waals surface area contributed by atoms with Crippen LogP contribution in [0.25, 0.3) is 11.2 Å². The Morgan fingerprint density at radius 1 is 0.882 bits per heavy atom. The molecule has 2 aromatic heterocycles. The highest BCUT2D eigenvalue weighted by molar-refractivity contribution is 6.30. The number of aryl methyl sites for hydroxylation is 1. The molecule has 8 nitrogen and oxygen atoms in total. The van der Waals surface area contributed by atoms with Crippen LogP contribution in [0.15, 0.2) is 64.4 Å². The molecule has 4 aromatic rings. The van der Waals surface area contributed by atoms with Crippen molar-refractivity contribution in [2.45, 2.75) is 25.9 Å². The normalized spacial score (nSPS) is 12.4. The molecule has 0 aliphatic heterocycles. The third-order valence-electron chi connectivity index (χ3n) is 5.50. The molecule has 2 heterocycles. The number of benzene rings is 2. The minimum atomic E-state index is -0.426. The predicted molar refractivity (Wildman–Crippen MR) is 131 cm³/mol. The fourth-order valence-electron chi connectivity index (χ4n) is 3.59. The number of aromatic nitrogens is 4. The van der Waals surface area contributed by atoms with E-state index in [9.17, 15) is 9.59 Å². The van der Waals surface area contributed by atoms with E-state index >= 15 is 0 Å². The maximum absolute atomic E-state index is 12.8. The molecule has 0 unspecified atom stereocenters. The van der Waals surface area contributed by atoms with Crippen LogP contribution in [0.5, 0.6) is 0 Å². The van der Waals surface area contributed by atoms with Gasteiger partial charge in [0, 0.05) is 24.1 Å². The van der Waals surface area contributed by atoms with E-state index in [0.717, 1.165) is 15.7 Å². The monoisotopic (exact) mass is 502 g/mol. The molecule has 0 N–H and O–H groups in total. The molecule has 0 saturated carbocycles. The molecule has 34 heavy (non-hydrogen) atoms. The maximum Gasteiger partial charge on any atom is 0.332 e. The minimum absolute atomic E-state index is 0.280. The summed E-state index contributed by atoms with van der Waals surface area (Å²) in [6, 6.07) is 14.8. The Hall–Kier alpha value is -2.91. The van der Waals surface area contributed by atoms with Crippen LogP contribution in [0, 0.1) is 0 Å². The van der Waals surface area contributed by atoms with Crippen LogP contribution in [0.1, 0.15) is 11.1 Å². The largest absolute Gasteiger partial charge is 0.374 e. The van der Waals surface area contributed by atoms with Crippen LogP contribution in [0.4, 0.5) is 0 Å². The summed E-state index contributed by atoms with van der Waals surface area (Å²) in [5.41, 5.74) is 1.77. The van der Waals surface area contributed by atoms with Crippen molar-refractivity contribution >= 4 is 34.4 Å². The van der Waals surface area contributed by atoms with Crippen molar-refractivity contribution < 1.29 is 9.47 Å². The number of halogens is 2. The fraction of sp³-hybridized carbons (Fsp3) is 0.292. The van der Waals surface area contributed by atoms with Gasteiger partial charge in [-0.3, -0.25) is 13.9 Å². The molecular weight excluding hydrogens is 479 g/mol. The van der Waals surface area contributed by atoms with Gasteiger partial charge in [-0.25, -0.2) is 9.78 Å². The average molecular weight is 503 g/mol. The van der Waals surface area contributed by atoms with E-state index in [1.165, 1.54) is 11.6 Å². The lowest BCUT2D eigenvalue weighted by Crippen LogP contribution is -2.38. The van der Waals surface area contributed by atoms with E-state index in [0.29, 0.717) is 41.0 Å². The lowest BCUT2D eigenvalue weighted by molar-refractivity contribution is -0.0368. The SMILES string of the molecule is Cn1c(=O)c2c(ncn2C[C@@H](COCc2ccc(Cl)cc2)OCc2ccc(Cl)cc2)n(C)c1=O. The van der Waals surface area contributed by atoms with Crippen LogP contribution >= 0.6 is 23.2 Å². The van der Waals surface area contributed by atoms with Crippen molar-refractivity contribution in [3.8, 4) is 0 Å². The molecule has 0 fully saturated rings. The van der Waals surface area contributed by atoms with Gasteiger partial charge in [-0.15, -0.1) is 0 Å². The Morgan fingerprint density at radius 2 is 1.47 bits per heavy atom. The number of rotatable bonds is 9. The summed E-state index contributed by atoms with van der Waals surface area (Å²) < 4.78 is 16.2. The molecule has 178 valence electrons. The fourth-order valence-corrected chi connectivity index (χ4v) is 3.84. The highest BCUT2D eigenvalue weighted by Gasteiger charge is 2.18. The van der Waals surface area contributed by atoms with Crippen molar-refractivity contribution in [1.82, 2.24) is 18.7 Å². The Bertz CT molecular complexity index is 1390. The maximum atomic E-state index is 12.8. The summed E-state index contributed by atoms with van der Waals surface area (Å²) in [6.07, 6.45) is 1.16. The quantitative estimate of drug-likeness (QED) is 0.349. The number of fused-ring (bicyclic) bond motifs is 1. The van der Waals surface area contributed by atoms with Crippen LogP contribution in [0.2, 0.25) is 10.0 Å². The molecule has 2 aromatic carbocycles. The van der Waals surface area contributed by atoms with Crippen LogP contribution in [0.3, 0.4) is 0 Å². The molecule has 4 rings (SSSR count). The molecule has 0 spiro atoms. The molecule has 10 heteroatoms. The number of hydrogen-bond acceptors (Lipinski definition) is 5. The smallest absolute Gasteiger partial charge is 0.332 e. The van der Waals surface area contributed by atoms with Gasteiger partial charge in [-0.1, -0.05) is 47.5 Å². The van der Waals surface area contributed by atoms with Crippen molar-refractivity contribution in [3.05, 3.63) is 96.9 Å². The zero-order chi connectivity index (χ0) is 24.2. The van der Waals surface area contributed by atoms with E-state index in [1.807, 2.05) is 36.4 Å². The molecule has 0 aliphatic carbocycles. The number of imidazole rings is 1. The first-order valence-electron chi connectivity index (χ1n) is 10.6. The van der Waals surface area contributed by atoms with E-state index in [4.69, 9.17) is 32.7 Å². The second-order valence-corrected chi connectivity index (χ2v) is 8.85. The lowest BCUT2D eigenvalue weighted by Gasteiger charge is -2.19. The second kappa shape index (κ2) is 10.6. The van der Waals surface area contributed by atoms with Gasteiger partial charge in [0.2, 0.25) is 0 Å². The third kappa shape index (κ3) is 5.42. The molecule has 0 radical (unpaired) electrons. The molecule has 0 bridgehead atoms. The van der Waals surface area contributed by atoms with Crippen molar-refractivity contribution in [2.24, 2.45) is 14.1 Å². The van der Waals surface area contributed by atoms with Gasteiger partial charge in [0.1, 0.15) is 0 Å².